The van der Waals surface area contributed by atoms with E-state index in [4.69, 9.17) is 5.11 Å². The highest BCUT2D eigenvalue weighted by molar-refractivity contribution is 5.82. The minimum absolute atomic E-state index is 0.105. The zero-order valence-corrected chi connectivity index (χ0v) is 14.2. The molecule has 4 N–H and O–H groups in total. The van der Waals surface area contributed by atoms with Crippen molar-refractivity contribution in [2.45, 2.75) is 65.4 Å². The summed E-state index contributed by atoms with van der Waals surface area (Å²) in [6, 6.07) is 0. The summed E-state index contributed by atoms with van der Waals surface area (Å²) < 4.78 is 0. The monoisotopic (exact) mass is 316 g/mol. The Labute approximate surface area is 133 Å². The van der Waals surface area contributed by atoms with Gasteiger partial charge in [-0.25, -0.2) is 0 Å². The SMILES string of the molecule is CCCCCCCNC(=O)CCNC(=O)C(O)C(C)(C)CO. The number of unbranched alkanes of at least 4 members (excludes halogenated alkanes) is 4. The lowest BCUT2D eigenvalue weighted by Gasteiger charge is -2.27. The summed E-state index contributed by atoms with van der Waals surface area (Å²) >= 11 is 0. The molecule has 2 amide bonds. The van der Waals surface area contributed by atoms with Gasteiger partial charge < -0.3 is 20.8 Å². The molecule has 0 aromatic heterocycles. The minimum atomic E-state index is -1.29. The Morgan fingerprint density at radius 1 is 1.05 bits per heavy atom. The Balaban J connectivity index is 3.73. The summed E-state index contributed by atoms with van der Waals surface area (Å²) in [5.41, 5.74) is -0.898. The first kappa shape index (κ1) is 20.9. The molecule has 0 aliphatic carbocycles. The average Bonchev–Trinajstić information content (AvgIpc) is 2.49. The van der Waals surface area contributed by atoms with E-state index in [2.05, 4.69) is 17.6 Å². The number of amides is 2. The maximum atomic E-state index is 11.7. The van der Waals surface area contributed by atoms with Gasteiger partial charge in [0.2, 0.25) is 11.8 Å². The number of nitrogens with one attached hydrogen (secondary N) is 2. The molecule has 0 spiro atoms. The summed E-state index contributed by atoms with van der Waals surface area (Å²) in [5.74, 6) is -0.668. The highest BCUT2D eigenvalue weighted by atomic mass is 16.3. The predicted molar refractivity (Wildman–Crippen MR) is 86.3 cm³/mol. The maximum Gasteiger partial charge on any atom is 0.249 e. The smallest absolute Gasteiger partial charge is 0.249 e. The molecule has 0 aliphatic heterocycles. The number of hydrogen-bond acceptors (Lipinski definition) is 4. The van der Waals surface area contributed by atoms with Gasteiger partial charge in [0, 0.05) is 24.9 Å². The van der Waals surface area contributed by atoms with Crippen LogP contribution in [0.4, 0.5) is 0 Å². The molecule has 130 valence electrons. The van der Waals surface area contributed by atoms with E-state index in [1.807, 2.05) is 0 Å². The Morgan fingerprint density at radius 2 is 1.68 bits per heavy atom. The van der Waals surface area contributed by atoms with Crippen molar-refractivity contribution in [1.29, 1.82) is 0 Å². The lowest BCUT2D eigenvalue weighted by Crippen LogP contribution is -2.46. The number of aliphatic hydroxyl groups excluding tert-OH is 2. The normalized spacial score (nSPS) is 12.8. The van der Waals surface area contributed by atoms with Crippen molar-refractivity contribution in [2.75, 3.05) is 19.7 Å². The second-order valence-electron chi connectivity index (χ2n) is 6.35. The molecule has 1 atom stereocenters. The van der Waals surface area contributed by atoms with Crippen LogP contribution in [-0.4, -0.2) is 47.8 Å². The van der Waals surface area contributed by atoms with E-state index in [1.54, 1.807) is 13.8 Å². The van der Waals surface area contributed by atoms with Crippen molar-refractivity contribution in [3.8, 4) is 0 Å². The van der Waals surface area contributed by atoms with E-state index in [0.717, 1.165) is 12.8 Å². The molecule has 0 aromatic carbocycles. The van der Waals surface area contributed by atoms with E-state index in [9.17, 15) is 14.7 Å². The third kappa shape index (κ3) is 9.00. The summed E-state index contributed by atoms with van der Waals surface area (Å²) in [6.45, 7) is 5.91. The van der Waals surface area contributed by atoms with Crippen molar-refractivity contribution >= 4 is 11.8 Å². The molecule has 0 radical (unpaired) electrons. The third-order valence-corrected chi connectivity index (χ3v) is 3.65. The fraction of sp³-hybridized carbons (Fsp3) is 0.875. The lowest BCUT2D eigenvalue weighted by molar-refractivity contribution is -0.137. The van der Waals surface area contributed by atoms with Crippen LogP contribution in [-0.2, 0) is 9.59 Å². The second-order valence-corrected chi connectivity index (χ2v) is 6.35. The molecule has 0 aliphatic rings. The summed E-state index contributed by atoms with van der Waals surface area (Å²) in [6.07, 6.45) is 4.61. The first-order valence-electron chi connectivity index (χ1n) is 8.18. The highest BCUT2D eigenvalue weighted by Gasteiger charge is 2.32. The molecule has 0 aromatic rings. The molecular formula is C16H32N2O4. The van der Waals surface area contributed by atoms with Crippen LogP contribution in [0, 0.1) is 5.41 Å². The Morgan fingerprint density at radius 3 is 2.27 bits per heavy atom. The summed E-state index contributed by atoms with van der Waals surface area (Å²) in [4.78, 5) is 23.3. The van der Waals surface area contributed by atoms with Gasteiger partial charge in [-0.1, -0.05) is 46.5 Å². The van der Waals surface area contributed by atoms with E-state index in [1.165, 1.54) is 19.3 Å². The van der Waals surface area contributed by atoms with Crippen LogP contribution in [0.3, 0.4) is 0 Å². The van der Waals surface area contributed by atoms with Gasteiger partial charge >= 0.3 is 0 Å². The molecule has 0 fully saturated rings. The summed E-state index contributed by atoms with van der Waals surface area (Å²) in [7, 11) is 0. The first-order chi connectivity index (χ1) is 10.3. The van der Waals surface area contributed by atoms with Crippen LogP contribution in [0.25, 0.3) is 0 Å². The van der Waals surface area contributed by atoms with Crippen LogP contribution in [0.5, 0.6) is 0 Å². The number of aliphatic hydroxyl groups is 2. The van der Waals surface area contributed by atoms with Gasteiger partial charge in [0.15, 0.2) is 0 Å². The lowest BCUT2D eigenvalue weighted by atomic mass is 9.87. The fourth-order valence-electron chi connectivity index (χ4n) is 1.88. The van der Waals surface area contributed by atoms with Gasteiger partial charge in [-0.15, -0.1) is 0 Å². The first-order valence-corrected chi connectivity index (χ1v) is 8.18. The molecule has 0 bridgehead atoms. The number of carbonyl (C=O) groups excluding carboxylic acids is 2. The van der Waals surface area contributed by atoms with Crippen LogP contribution in [0.2, 0.25) is 0 Å². The maximum absolute atomic E-state index is 11.7. The topological polar surface area (TPSA) is 98.7 Å². The molecule has 0 saturated heterocycles. The molecule has 0 heterocycles. The van der Waals surface area contributed by atoms with Crippen molar-refractivity contribution in [2.24, 2.45) is 5.41 Å². The van der Waals surface area contributed by atoms with Crippen molar-refractivity contribution in [3.63, 3.8) is 0 Å². The van der Waals surface area contributed by atoms with Crippen LogP contribution < -0.4 is 10.6 Å². The van der Waals surface area contributed by atoms with E-state index >= 15 is 0 Å². The van der Waals surface area contributed by atoms with Crippen LogP contribution in [0.1, 0.15) is 59.3 Å². The van der Waals surface area contributed by atoms with E-state index in [0.29, 0.717) is 6.54 Å². The largest absolute Gasteiger partial charge is 0.396 e. The fourth-order valence-corrected chi connectivity index (χ4v) is 1.88. The zero-order chi connectivity index (χ0) is 17.0. The molecule has 6 nitrogen and oxygen atoms in total. The average molecular weight is 316 g/mol. The van der Waals surface area contributed by atoms with Crippen molar-refractivity contribution in [1.82, 2.24) is 10.6 Å². The molecular weight excluding hydrogens is 284 g/mol. The van der Waals surface area contributed by atoms with Gasteiger partial charge in [0.05, 0.1) is 6.61 Å². The van der Waals surface area contributed by atoms with Gasteiger partial charge in [0.1, 0.15) is 6.10 Å². The van der Waals surface area contributed by atoms with Gasteiger partial charge in [-0.05, 0) is 6.42 Å². The molecule has 1 unspecified atom stereocenters. The highest BCUT2D eigenvalue weighted by Crippen LogP contribution is 2.19. The molecule has 6 heteroatoms. The van der Waals surface area contributed by atoms with Gasteiger partial charge in [0.25, 0.3) is 0 Å². The Kier molecular flexibility index (Phi) is 10.8. The number of carbonyl (C=O) groups is 2. The Hall–Kier alpha value is -1.14. The second kappa shape index (κ2) is 11.4. The van der Waals surface area contributed by atoms with E-state index < -0.39 is 17.4 Å². The third-order valence-electron chi connectivity index (χ3n) is 3.65. The van der Waals surface area contributed by atoms with Crippen LogP contribution in [0.15, 0.2) is 0 Å². The zero-order valence-electron chi connectivity index (χ0n) is 14.2. The minimum Gasteiger partial charge on any atom is -0.396 e. The summed E-state index contributed by atoms with van der Waals surface area (Å²) in [5, 5.41) is 24.2. The van der Waals surface area contributed by atoms with Crippen molar-refractivity contribution in [3.05, 3.63) is 0 Å². The molecule has 0 saturated carbocycles. The van der Waals surface area contributed by atoms with E-state index in [-0.39, 0.29) is 25.5 Å². The quantitative estimate of drug-likeness (QED) is 0.403. The predicted octanol–water partition coefficient (Wildman–Crippen LogP) is 0.959. The standard InChI is InChI=1S/C16H32N2O4/c1-4-5-6-7-8-10-17-13(20)9-11-18-15(22)14(21)16(2,3)12-19/h14,19,21H,4-12H2,1-3H3,(H,17,20)(H,18,22). The van der Waals surface area contributed by atoms with Crippen LogP contribution >= 0.6 is 0 Å². The Bertz CT molecular complexity index is 332. The number of hydrogen-bond donors (Lipinski definition) is 4. The van der Waals surface area contributed by atoms with Gasteiger partial charge in [-0.3, -0.25) is 9.59 Å². The molecule has 0 rings (SSSR count). The number of rotatable bonds is 12. The van der Waals surface area contributed by atoms with Gasteiger partial charge in [-0.2, -0.15) is 0 Å². The van der Waals surface area contributed by atoms with Crippen molar-refractivity contribution < 1.29 is 19.8 Å². The molecule has 22 heavy (non-hydrogen) atoms.